The van der Waals surface area contributed by atoms with Crippen molar-refractivity contribution in [3.05, 3.63) is 35.4 Å². The number of nitrogens with one attached hydrogen (secondary N) is 6. The largest absolute Gasteiger partial charge is 0.352 e. The highest BCUT2D eigenvalue weighted by atomic mass is 35.5. The zero-order valence-corrected chi connectivity index (χ0v) is 27.3. The minimum absolute atomic E-state index is 0. The number of halogens is 2. The molecule has 3 rings (SSSR count). The van der Waals surface area contributed by atoms with Gasteiger partial charge in [-0.25, -0.2) is 0 Å². The van der Waals surface area contributed by atoms with Crippen molar-refractivity contribution in [2.75, 3.05) is 52.4 Å². The molecular formula is C32H58Cl2N6O2. The quantitative estimate of drug-likeness (QED) is 0.118. The van der Waals surface area contributed by atoms with Crippen molar-refractivity contribution >= 4 is 36.6 Å². The highest BCUT2D eigenvalue weighted by Crippen LogP contribution is 2.17. The first kappa shape index (κ1) is 38.6. The van der Waals surface area contributed by atoms with E-state index in [-0.39, 0.29) is 36.6 Å². The summed E-state index contributed by atoms with van der Waals surface area (Å²) < 4.78 is 0. The summed E-state index contributed by atoms with van der Waals surface area (Å²) in [6, 6.07) is 8.37. The summed E-state index contributed by atoms with van der Waals surface area (Å²) in [5.74, 6) is -0.170. The van der Waals surface area contributed by atoms with E-state index in [4.69, 9.17) is 0 Å². The molecule has 0 unspecified atom stereocenters. The highest BCUT2D eigenvalue weighted by Gasteiger charge is 2.13. The van der Waals surface area contributed by atoms with Gasteiger partial charge in [-0.05, 0) is 88.7 Å². The third-order valence-electron chi connectivity index (χ3n) is 8.22. The number of benzene rings is 1. The fourth-order valence-electron chi connectivity index (χ4n) is 5.72. The van der Waals surface area contributed by atoms with Crippen LogP contribution >= 0.6 is 24.8 Å². The van der Waals surface area contributed by atoms with E-state index in [9.17, 15) is 9.59 Å². The molecule has 8 nitrogen and oxygen atoms in total. The molecule has 2 aliphatic carbocycles. The smallest absolute Gasteiger partial charge is 0.251 e. The van der Waals surface area contributed by atoms with Gasteiger partial charge in [0.05, 0.1) is 0 Å². The van der Waals surface area contributed by atoms with Gasteiger partial charge >= 0.3 is 0 Å². The Bertz CT molecular complexity index is 751. The van der Waals surface area contributed by atoms with Crippen LogP contribution in [0.2, 0.25) is 0 Å². The molecule has 42 heavy (non-hydrogen) atoms. The van der Waals surface area contributed by atoms with Gasteiger partial charge < -0.3 is 31.9 Å². The first-order valence-electron chi connectivity index (χ1n) is 16.3. The Morgan fingerprint density at radius 1 is 0.500 bits per heavy atom. The number of carbonyl (C=O) groups excluding carboxylic acids is 2. The predicted molar refractivity (Wildman–Crippen MR) is 180 cm³/mol. The van der Waals surface area contributed by atoms with Crippen LogP contribution in [0.25, 0.3) is 0 Å². The standard InChI is InChI=1S/C32H56N6O2.2ClH/c39-31(37-21-9-7-19-33-23-25-35-29-11-3-1-4-12-29)27-15-17-28(18-16-27)32(40)38-22-10-8-20-34-24-26-36-30-13-5-2-6-14-30;;/h15-18,29-30,33-36H,1-14,19-26H2,(H,37,39)(H,38,40);2*1H. The molecule has 2 fully saturated rings. The Balaban J connectivity index is 0.00000441. The average Bonchev–Trinajstić information content (AvgIpc) is 3.00. The molecule has 0 heterocycles. The minimum Gasteiger partial charge on any atom is -0.352 e. The van der Waals surface area contributed by atoms with Gasteiger partial charge in [-0.2, -0.15) is 0 Å². The van der Waals surface area contributed by atoms with E-state index in [0.717, 1.165) is 77.0 Å². The van der Waals surface area contributed by atoms with Crippen molar-refractivity contribution in [2.24, 2.45) is 0 Å². The molecule has 10 heteroatoms. The summed E-state index contributed by atoms with van der Waals surface area (Å²) in [6.07, 6.45) is 17.5. The molecule has 6 N–H and O–H groups in total. The number of hydrogen-bond acceptors (Lipinski definition) is 6. The second-order valence-corrected chi connectivity index (χ2v) is 11.6. The van der Waals surface area contributed by atoms with E-state index in [1.165, 1.54) is 64.2 Å². The number of rotatable bonds is 20. The van der Waals surface area contributed by atoms with E-state index < -0.39 is 0 Å². The van der Waals surface area contributed by atoms with Gasteiger partial charge in [0.2, 0.25) is 0 Å². The molecule has 0 spiro atoms. The number of amides is 2. The molecule has 0 aromatic heterocycles. The third-order valence-corrected chi connectivity index (χ3v) is 8.22. The minimum atomic E-state index is -0.0851. The van der Waals surface area contributed by atoms with Gasteiger partial charge in [0.15, 0.2) is 0 Å². The SMILES string of the molecule is Cl.Cl.O=C(NCCCCNCCNC1CCCCC1)c1ccc(C(=O)NCCCCNCCNC2CCCCC2)cc1. The van der Waals surface area contributed by atoms with Crippen LogP contribution in [0.4, 0.5) is 0 Å². The van der Waals surface area contributed by atoms with E-state index in [0.29, 0.717) is 24.2 Å². The maximum Gasteiger partial charge on any atom is 0.251 e. The molecule has 2 saturated carbocycles. The number of carbonyl (C=O) groups is 2. The lowest BCUT2D eigenvalue weighted by Gasteiger charge is -2.22. The molecule has 1 aromatic rings. The Labute approximate surface area is 267 Å². The van der Waals surface area contributed by atoms with Gasteiger partial charge in [0.1, 0.15) is 0 Å². The molecule has 0 atom stereocenters. The van der Waals surface area contributed by atoms with Crippen molar-refractivity contribution in [3.63, 3.8) is 0 Å². The van der Waals surface area contributed by atoms with Crippen LogP contribution in [-0.2, 0) is 0 Å². The van der Waals surface area contributed by atoms with Gasteiger partial charge in [0.25, 0.3) is 11.8 Å². The summed E-state index contributed by atoms with van der Waals surface area (Å²) in [5, 5.41) is 20.2. The zero-order chi connectivity index (χ0) is 28.1. The molecule has 0 bridgehead atoms. The van der Waals surface area contributed by atoms with Crippen molar-refractivity contribution in [1.29, 1.82) is 0 Å². The first-order valence-corrected chi connectivity index (χ1v) is 16.3. The summed E-state index contributed by atoms with van der Waals surface area (Å²) in [6.45, 7) is 7.33. The summed E-state index contributed by atoms with van der Waals surface area (Å²) in [7, 11) is 0. The fraction of sp³-hybridized carbons (Fsp3) is 0.750. The van der Waals surface area contributed by atoms with E-state index in [1.807, 2.05) is 0 Å². The van der Waals surface area contributed by atoms with Crippen molar-refractivity contribution < 1.29 is 9.59 Å². The molecule has 242 valence electrons. The molecule has 1 aromatic carbocycles. The monoisotopic (exact) mass is 628 g/mol. The fourth-order valence-corrected chi connectivity index (χ4v) is 5.72. The van der Waals surface area contributed by atoms with Gasteiger partial charge in [-0.15, -0.1) is 24.8 Å². The molecular weight excluding hydrogens is 571 g/mol. The molecule has 2 amide bonds. The Kier molecular flexibility index (Phi) is 22.9. The Morgan fingerprint density at radius 3 is 1.24 bits per heavy atom. The van der Waals surface area contributed by atoms with Gasteiger partial charge in [-0.3, -0.25) is 9.59 Å². The van der Waals surface area contributed by atoms with Crippen molar-refractivity contribution in [2.45, 2.75) is 102 Å². The van der Waals surface area contributed by atoms with Crippen LogP contribution in [0.1, 0.15) is 111 Å². The second kappa shape index (κ2) is 25.0. The van der Waals surface area contributed by atoms with E-state index >= 15 is 0 Å². The number of hydrogen-bond donors (Lipinski definition) is 6. The zero-order valence-electron chi connectivity index (χ0n) is 25.7. The maximum atomic E-state index is 12.4. The number of unbranched alkanes of at least 4 members (excludes halogenated alkanes) is 2. The molecule has 0 saturated heterocycles. The lowest BCUT2D eigenvalue weighted by atomic mass is 9.95. The van der Waals surface area contributed by atoms with Crippen LogP contribution in [0.5, 0.6) is 0 Å². The average molecular weight is 630 g/mol. The Hall–Kier alpha value is -1.42. The van der Waals surface area contributed by atoms with Gasteiger partial charge in [-0.1, -0.05) is 38.5 Å². The van der Waals surface area contributed by atoms with Crippen molar-refractivity contribution in [3.8, 4) is 0 Å². The lowest BCUT2D eigenvalue weighted by Crippen LogP contribution is -2.36. The summed E-state index contributed by atoms with van der Waals surface area (Å²) in [5.41, 5.74) is 1.18. The molecule has 0 aliphatic heterocycles. The third kappa shape index (κ3) is 17.0. The van der Waals surface area contributed by atoms with E-state index in [1.54, 1.807) is 24.3 Å². The van der Waals surface area contributed by atoms with Crippen LogP contribution in [0.3, 0.4) is 0 Å². The van der Waals surface area contributed by atoms with Crippen LogP contribution < -0.4 is 31.9 Å². The van der Waals surface area contributed by atoms with Crippen LogP contribution in [0, 0.1) is 0 Å². The predicted octanol–water partition coefficient (Wildman–Crippen LogP) is 4.57. The summed E-state index contributed by atoms with van der Waals surface area (Å²) in [4.78, 5) is 24.8. The van der Waals surface area contributed by atoms with E-state index in [2.05, 4.69) is 31.9 Å². The normalized spacial score (nSPS) is 15.8. The highest BCUT2D eigenvalue weighted by molar-refractivity contribution is 5.97. The van der Waals surface area contributed by atoms with Crippen molar-refractivity contribution in [1.82, 2.24) is 31.9 Å². The molecule has 2 aliphatic rings. The maximum absolute atomic E-state index is 12.4. The Morgan fingerprint density at radius 2 is 0.857 bits per heavy atom. The van der Waals surface area contributed by atoms with Crippen LogP contribution in [-0.4, -0.2) is 76.3 Å². The topological polar surface area (TPSA) is 106 Å². The first-order chi connectivity index (χ1) is 19.7. The summed E-state index contributed by atoms with van der Waals surface area (Å²) >= 11 is 0. The second-order valence-electron chi connectivity index (χ2n) is 11.6. The lowest BCUT2D eigenvalue weighted by molar-refractivity contribution is 0.0941. The molecule has 0 radical (unpaired) electrons. The van der Waals surface area contributed by atoms with Gasteiger partial charge in [0, 0.05) is 62.5 Å². The van der Waals surface area contributed by atoms with Crippen LogP contribution in [0.15, 0.2) is 24.3 Å².